The fourth-order valence-corrected chi connectivity index (χ4v) is 2.50. The number of hydrogen-bond acceptors (Lipinski definition) is 5. The number of nitrogens with one attached hydrogen (secondary N) is 1. The summed E-state index contributed by atoms with van der Waals surface area (Å²) in [6.07, 6.45) is -0.687. The first-order chi connectivity index (χ1) is 10.8. The van der Waals surface area contributed by atoms with Crippen molar-refractivity contribution in [3.05, 3.63) is 46.2 Å². The molecular formula is C14H14F3N3O3. The Morgan fingerprint density at radius 1 is 1.39 bits per heavy atom. The molecule has 9 heteroatoms. The number of allylic oxidation sites excluding steroid dienone is 1. The number of carbonyl (C=O) groups is 1. The van der Waals surface area contributed by atoms with Crippen molar-refractivity contribution in [2.45, 2.75) is 18.6 Å². The van der Waals surface area contributed by atoms with Gasteiger partial charge < -0.3 is 10.2 Å². The molecule has 0 saturated carbocycles. The number of aldehydes is 1. The zero-order chi connectivity index (χ0) is 17.0. The van der Waals surface area contributed by atoms with Gasteiger partial charge in [0.1, 0.15) is 17.5 Å². The lowest BCUT2D eigenvalue weighted by atomic mass is 10.1. The van der Waals surface area contributed by atoms with Crippen LogP contribution in [0.4, 0.5) is 24.5 Å². The van der Waals surface area contributed by atoms with E-state index in [4.69, 9.17) is 0 Å². The number of hydrogen-bond donors (Lipinski definition) is 1. The van der Waals surface area contributed by atoms with Gasteiger partial charge in [0, 0.05) is 25.3 Å². The molecule has 0 aliphatic carbocycles. The van der Waals surface area contributed by atoms with E-state index in [9.17, 15) is 28.1 Å². The van der Waals surface area contributed by atoms with Crippen LogP contribution in [0.1, 0.15) is 12.0 Å². The van der Waals surface area contributed by atoms with Crippen LogP contribution >= 0.6 is 0 Å². The SMILES string of the molecule is O=CC=CN1CC[C@@H](Nc2cccc(C(F)(F)F)c2[N+](=O)[O-])C1. The van der Waals surface area contributed by atoms with Gasteiger partial charge in [0.15, 0.2) is 0 Å². The molecule has 1 atom stereocenters. The second kappa shape index (κ2) is 6.67. The fourth-order valence-electron chi connectivity index (χ4n) is 2.50. The Hall–Kier alpha value is -2.58. The molecule has 1 fully saturated rings. The van der Waals surface area contributed by atoms with E-state index < -0.39 is 22.4 Å². The number of rotatable bonds is 5. The Morgan fingerprint density at radius 2 is 2.13 bits per heavy atom. The van der Waals surface area contributed by atoms with Gasteiger partial charge in [-0.2, -0.15) is 13.2 Å². The summed E-state index contributed by atoms with van der Waals surface area (Å²) in [5.41, 5.74) is -2.40. The van der Waals surface area contributed by atoms with E-state index in [-0.39, 0.29) is 11.7 Å². The maximum absolute atomic E-state index is 12.9. The Kier molecular flexibility index (Phi) is 4.87. The first kappa shape index (κ1) is 16.8. The standard InChI is InChI=1S/C14H14F3N3O3/c15-14(16,17)11-3-1-4-12(13(11)20(22)23)18-10-5-7-19(9-10)6-2-8-21/h1-4,6,8,10,18H,5,7,9H2/t10-/m1/s1. The van der Waals surface area contributed by atoms with Crippen LogP contribution in [0.3, 0.4) is 0 Å². The van der Waals surface area contributed by atoms with Gasteiger partial charge in [0.05, 0.1) is 4.92 Å². The minimum absolute atomic E-state index is 0.156. The van der Waals surface area contributed by atoms with Crippen LogP contribution < -0.4 is 5.32 Å². The van der Waals surface area contributed by atoms with E-state index in [2.05, 4.69) is 5.32 Å². The molecule has 0 unspecified atom stereocenters. The van der Waals surface area contributed by atoms with E-state index in [0.717, 1.165) is 6.07 Å². The summed E-state index contributed by atoms with van der Waals surface area (Å²) < 4.78 is 38.8. The van der Waals surface area contributed by atoms with Crippen LogP contribution in [0.15, 0.2) is 30.5 Å². The Labute approximate surface area is 129 Å². The summed E-state index contributed by atoms with van der Waals surface area (Å²) in [6.45, 7) is 1.05. The molecule has 1 N–H and O–H groups in total. The second-order valence-corrected chi connectivity index (χ2v) is 5.06. The van der Waals surface area contributed by atoms with E-state index in [1.54, 1.807) is 6.20 Å². The molecule has 1 aliphatic heterocycles. The summed E-state index contributed by atoms with van der Waals surface area (Å²) in [6, 6.07) is 2.85. The first-order valence-corrected chi connectivity index (χ1v) is 6.80. The van der Waals surface area contributed by atoms with Gasteiger partial charge in [-0.05, 0) is 24.6 Å². The predicted octanol–water partition coefficient (Wildman–Crippen LogP) is 2.81. The van der Waals surface area contributed by atoms with E-state index >= 15 is 0 Å². The van der Waals surface area contributed by atoms with Crippen LogP contribution in [-0.4, -0.2) is 35.2 Å². The van der Waals surface area contributed by atoms with Crippen LogP contribution in [0.25, 0.3) is 0 Å². The number of nitrogens with zero attached hydrogens (tertiary/aromatic N) is 2. The van der Waals surface area contributed by atoms with Crippen molar-refractivity contribution in [2.75, 3.05) is 18.4 Å². The zero-order valence-electron chi connectivity index (χ0n) is 11.9. The van der Waals surface area contributed by atoms with Crippen molar-refractivity contribution >= 4 is 17.7 Å². The van der Waals surface area contributed by atoms with Gasteiger partial charge in [-0.1, -0.05) is 6.07 Å². The number of alkyl halides is 3. The molecule has 0 spiro atoms. The summed E-state index contributed by atoms with van der Waals surface area (Å²) in [7, 11) is 0. The second-order valence-electron chi connectivity index (χ2n) is 5.06. The average Bonchev–Trinajstić information content (AvgIpc) is 2.91. The molecule has 23 heavy (non-hydrogen) atoms. The molecule has 6 nitrogen and oxygen atoms in total. The number of carbonyl (C=O) groups excluding carboxylic acids is 1. The van der Waals surface area contributed by atoms with E-state index in [1.807, 2.05) is 4.90 Å². The molecule has 0 amide bonds. The normalized spacial score (nSPS) is 18.4. The maximum atomic E-state index is 12.9. The van der Waals surface area contributed by atoms with Crippen molar-refractivity contribution in [1.29, 1.82) is 0 Å². The van der Waals surface area contributed by atoms with Crippen molar-refractivity contribution < 1.29 is 22.9 Å². The number of nitro benzene ring substituents is 1. The zero-order valence-corrected chi connectivity index (χ0v) is 11.9. The molecule has 1 saturated heterocycles. The topological polar surface area (TPSA) is 75.5 Å². The predicted molar refractivity (Wildman–Crippen MR) is 76.9 cm³/mol. The molecular weight excluding hydrogens is 315 g/mol. The number of nitro groups is 1. The van der Waals surface area contributed by atoms with E-state index in [1.165, 1.54) is 12.1 Å². The molecule has 1 aromatic rings. The lowest BCUT2D eigenvalue weighted by Crippen LogP contribution is -2.24. The average molecular weight is 329 g/mol. The van der Waals surface area contributed by atoms with Gasteiger partial charge in [-0.15, -0.1) is 0 Å². The highest BCUT2D eigenvalue weighted by atomic mass is 19.4. The van der Waals surface area contributed by atoms with Crippen LogP contribution in [0, 0.1) is 10.1 Å². The highest BCUT2D eigenvalue weighted by Gasteiger charge is 2.40. The molecule has 0 bridgehead atoms. The maximum Gasteiger partial charge on any atom is 0.423 e. The molecule has 2 rings (SSSR count). The summed E-state index contributed by atoms with van der Waals surface area (Å²) >= 11 is 0. The first-order valence-electron chi connectivity index (χ1n) is 6.80. The van der Waals surface area contributed by atoms with Gasteiger partial charge >= 0.3 is 11.9 Å². The number of anilines is 1. The van der Waals surface area contributed by atoms with Crippen molar-refractivity contribution in [3.63, 3.8) is 0 Å². The largest absolute Gasteiger partial charge is 0.423 e. The minimum atomic E-state index is -4.80. The number of benzene rings is 1. The summed E-state index contributed by atoms with van der Waals surface area (Å²) in [5.74, 6) is 0. The lowest BCUT2D eigenvalue weighted by molar-refractivity contribution is -0.387. The van der Waals surface area contributed by atoms with E-state index in [0.29, 0.717) is 31.9 Å². The Bertz CT molecular complexity index is 631. The van der Waals surface area contributed by atoms with Gasteiger partial charge in [-0.25, -0.2) is 0 Å². The quantitative estimate of drug-likeness (QED) is 0.389. The number of halogens is 3. The van der Waals surface area contributed by atoms with Gasteiger partial charge in [0.25, 0.3) is 0 Å². The third kappa shape index (κ3) is 3.99. The number of likely N-dealkylation sites (tertiary alicyclic amines) is 1. The number of para-hydroxylation sites is 1. The molecule has 0 aromatic heterocycles. The van der Waals surface area contributed by atoms with Crippen LogP contribution in [0.5, 0.6) is 0 Å². The van der Waals surface area contributed by atoms with Crippen molar-refractivity contribution in [1.82, 2.24) is 4.90 Å². The lowest BCUT2D eigenvalue weighted by Gasteiger charge is -2.17. The Morgan fingerprint density at radius 3 is 2.74 bits per heavy atom. The van der Waals surface area contributed by atoms with Crippen LogP contribution in [-0.2, 0) is 11.0 Å². The summed E-state index contributed by atoms with van der Waals surface area (Å²) in [5, 5.41) is 13.9. The smallest absolute Gasteiger partial charge is 0.375 e. The molecule has 1 heterocycles. The summed E-state index contributed by atoms with van der Waals surface area (Å²) in [4.78, 5) is 22.1. The Balaban J connectivity index is 2.22. The van der Waals surface area contributed by atoms with Gasteiger partial charge in [-0.3, -0.25) is 14.9 Å². The highest BCUT2D eigenvalue weighted by molar-refractivity contribution is 5.66. The third-order valence-corrected chi connectivity index (χ3v) is 3.48. The molecule has 1 aromatic carbocycles. The molecule has 1 aliphatic rings. The minimum Gasteiger partial charge on any atom is -0.375 e. The fraction of sp³-hybridized carbons (Fsp3) is 0.357. The van der Waals surface area contributed by atoms with Crippen LogP contribution in [0.2, 0.25) is 0 Å². The monoisotopic (exact) mass is 329 g/mol. The molecule has 0 radical (unpaired) electrons. The molecule has 124 valence electrons. The van der Waals surface area contributed by atoms with Crippen molar-refractivity contribution in [2.24, 2.45) is 0 Å². The van der Waals surface area contributed by atoms with Crippen molar-refractivity contribution in [3.8, 4) is 0 Å². The van der Waals surface area contributed by atoms with Gasteiger partial charge in [0.2, 0.25) is 0 Å². The highest BCUT2D eigenvalue weighted by Crippen LogP contribution is 2.40. The third-order valence-electron chi connectivity index (χ3n) is 3.48.